The first-order chi connectivity index (χ1) is 8.23. The number of alkyl halides is 3. The maximum atomic E-state index is 12.7. The molecule has 100 valence electrons. The Balaban J connectivity index is 2.95. The Hall–Kier alpha value is -1.72. The van der Waals surface area contributed by atoms with Crippen molar-refractivity contribution in [2.45, 2.75) is 19.1 Å². The zero-order chi connectivity index (χ0) is 13.9. The number of anilines is 1. The van der Waals surface area contributed by atoms with E-state index in [4.69, 9.17) is 0 Å². The normalized spacial score (nSPS) is 13.0. The predicted octanol–water partition coefficient (Wildman–Crippen LogP) is 2.59. The van der Waals surface area contributed by atoms with E-state index < -0.39 is 17.8 Å². The molecule has 0 aliphatic heterocycles. The molecule has 0 saturated carbocycles. The van der Waals surface area contributed by atoms with E-state index in [2.05, 4.69) is 5.32 Å². The first-order valence-corrected chi connectivity index (χ1v) is 5.37. The predicted molar refractivity (Wildman–Crippen MR) is 63.2 cm³/mol. The second-order valence-corrected chi connectivity index (χ2v) is 4.14. The van der Waals surface area contributed by atoms with Gasteiger partial charge in [0.1, 0.15) is 6.04 Å². The van der Waals surface area contributed by atoms with Crippen LogP contribution in [0, 0.1) is 0 Å². The van der Waals surface area contributed by atoms with Crippen molar-refractivity contribution >= 4 is 11.6 Å². The maximum absolute atomic E-state index is 12.7. The van der Waals surface area contributed by atoms with E-state index >= 15 is 0 Å². The molecule has 1 aromatic carbocycles. The number of amides is 1. The van der Waals surface area contributed by atoms with Crippen LogP contribution in [0.25, 0.3) is 0 Å². The molecule has 1 unspecified atom stereocenters. The summed E-state index contributed by atoms with van der Waals surface area (Å²) in [5.41, 5.74) is -0.865. The molecule has 6 heteroatoms. The van der Waals surface area contributed by atoms with Gasteiger partial charge in [0.25, 0.3) is 0 Å². The molecule has 0 spiro atoms. The number of carbonyl (C=O) groups is 1. The summed E-state index contributed by atoms with van der Waals surface area (Å²) < 4.78 is 38.2. The highest BCUT2D eigenvalue weighted by atomic mass is 19.4. The van der Waals surface area contributed by atoms with Crippen LogP contribution >= 0.6 is 0 Å². The summed E-state index contributed by atoms with van der Waals surface area (Å²) >= 11 is 0. The van der Waals surface area contributed by atoms with Crippen molar-refractivity contribution in [2.24, 2.45) is 0 Å². The second kappa shape index (κ2) is 5.29. The number of nitrogens with one attached hydrogen (secondary N) is 1. The van der Waals surface area contributed by atoms with Crippen LogP contribution in [0.1, 0.15) is 12.5 Å². The molecule has 18 heavy (non-hydrogen) atoms. The fraction of sp³-hybridized carbons (Fsp3) is 0.417. The van der Waals surface area contributed by atoms with Crippen LogP contribution < -0.4 is 5.32 Å². The van der Waals surface area contributed by atoms with Gasteiger partial charge in [-0.2, -0.15) is 13.2 Å². The van der Waals surface area contributed by atoms with E-state index in [1.807, 2.05) is 0 Å². The van der Waals surface area contributed by atoms with Crippen molar-refractivity contribution in [1.82, 2.24) is 4.90 Å². The van der Waals surface area contributed by atoms with Crippen LogP contribution in [0.15, 0.2) is 24.3 Å². The number of hydrogen-bond acceptors (Lipinski definition) is 2. The third-order valence-electron chi connectivity index (χ3n) is 2.42. The van der Waals surface area contributed by atoms with Crippen molar-refractivity contribution in [1.29, 1.82) is 0 Å². The van der Waals surface area contributed by atoms with Crippen LogP contribution in [0.4, 0.5) is 18.9 Å². The number of carbonyl (C=O) groups excluding carboxylic acids is 1. The summed E-state index contributed by atoms with van der Waals surface area (Å²) in [5.74, 6) is -0.285. The van der Waals surface area contributed by atoms with Gasteiger partial charge in [-0.05, 0) is 19.1 Å². The highest BCUT2D eigenvalue weighted by Crippen LogP contribution is 2.34. The minimum absolute atomic E-state index is 0.0901. The third kappa shape index (κ3) is 3.38. The molecular formula is C12H15F3N2O. The molecule has 1 rings (SSSR count). The van der Waals surface area contributed by atoms with E-state index in [9.17, 15) is 18.0 Å². The fourth-order valence-electron chi connectivity index (χ4n) is 1.54. The number of benzene rings is 1. The van der Waals surface area contributed by atoms with Crippen LogP contribution in [-0.2, 0) is 11.0 Å². The van der Waals surface area contributed by atoms with Crippen molar-refractivity contribution < 1.29 is 18.0 Å². The Bertz CT molecular complexity index is 430. The van der Waals surface area contributed by atoms with Gasteiger partial charge in [0.15, 0.2) is 0 Å². The van der Waals surface area contributed by atoms with Crippen LogP contribution in [0.3, 0.4) is 0 Å². The first-order valence-electron chi connectivity index (χ1n) is 5.37. The van der Waals surface area contributed by atoms with E-state index in [0.29, 0.717) is 0 Å². The topological polar surface area (TPSA) is 32.3 Å². The van der Waals surface area contributed by atoms with Crippen LogP contribution in [-0.4, -0.2) is 30.9 Å². The number of rotatable bonds is 3. The zero-order valence-corrected chi connectivity index (χ0v) is 10.4. The van der Waals surface area contributed by atoms with Gasteiger partial charge >= 0.3 is 6.18 Å². The Morgan fingerprint density at radius 3 is 2.33 bits per heavy atom. The minimum Gasteiger partial charge on any atom is -0.373 e. The average Bonchev–Trinajstić information content (AvgIpc) is 2.27. The van der Waals surface area contributed by atoms with Crippen LogP contribution in [0.5, 0.6) is 0 Å². The lowest BCUT2D eigenvalue weighted by molar-refractivity contribution is -0.137. The first kappa shape index (κ1) is 14.3. The van der Waals surface area contributed by atoms with Crippen molar-refractivity contribution in [2.75, 3.05) is 19.4 Å². The van der Waals surface area contributed by atoms with Gasteiger partial charge < -0.3 is 10.2 Å². The molecule has 1 atom stereocenters. The zero-order valence-electron chi connectivity index (χ0n) is 10.4. The van der Waals surface area contributed by atoms with E-state index in [1.165, 1.54) is 30.0 Å². The monoisotopic (exact) mass is 260 g/mol. The molecule has 3 nitrogen and oxygen atoms in total. The molecular weight excluding hydrogens is 245 g/mol. The van der Waals surface area contributed by atoms with E-state index in [0.717, 1.165) is 6.07 Å². The molecule has 0 fully saturated rings. The lowest BCUT2D eigenvalue weighted by atomic mass is 10.1. The number of halogens is 3. The summed E-state index contributed by atoms with van der Waals surface area (Å²) in [6.07, 6.45) is -4.44. The Kier molecular flexibility index (Phi) is 4.21. The molecule has 0 aliphatic carbocycles. The van der Waals surface area contributed by atoms with Gasteiger partial charge in [-0.25, -0.2) is 0 Å². The number of hydrogen-bond donors (Lipinski definition) is 1. The average molecular weight is 260 g/mol. The molecule has 0 heterocycles. The quantitative estimate of drug-likeness (QED) is 0.906. The Morgan fingerprint density at radius 1 is 1.28 bits per heavy atom. The fourth-order valence-corrected chi connectivity index (χ4v) is 1.54. The lowest BCUT2D eigenvalue weighted by Gasteiger charge is -2.21. The molecule has 0 saturated heterocycles. The highest BCUT2D eigenvalue weighted by Gasteiger charge is 2.33. The maximum Gasteiger partial charge on any atom is 0.418 e. The molecule has 0 aliphatic rings. The van der Waals surface area contributed by atoms with Crippen molar-refractivity contribution in [3.8, 4) is 0 Å². The standard InChI is InChI=1S/C12H15F3N2O/c1-8(11(18)17(2)3)16-10-7-5-4-6-9(10)12(13,14)15/h4-8,16H,1-3H3. The molecule has 1 aromatic rings. The summed E-state index contributed by atoms with van der Waals surface area (Å²) in [6.45, 7) is 1.52. The number of likely N-dealkylation sites (N-methyl/N-ethyl adjacent to an activating group) is 1. The molecule has 1 N–H and O–H groups in total. The summed E-state index contributed by atoms with van der Waals surface area (Å²) in [7, 11) is 3.10. The summed E-state index contributed by atoms with van der Waals surface area (Å²) in [4.78, 5) is 12.9. The highest BCUT2D eigenvalue weighted by molar-refractivity contribution is 5.84. The molecule has 1 amide bonds. The SMILES string of the molecule is CC(Nc1ccccc1C(F)(F)F)C(=O)N(C)C. The van der Waals surface area contributed by atoms with Gasteiger partial charge in [-0.15, -0.1) is 0 Å². The van der Waals surface area contributed by atoms with Gasteiger partial charge in [-0.1, -0.05) is 12.1 Å². The van der Waals surface area contributed by atoms with Gasteiger partial charge in [0.05, 0.1) is 5.56 Å². The van der Waals surface area contributed by atoms with Crippen LogP contribution in [0.2, 0.25) is 0 Å². The Labute approximate surface area is 104 Å². The smallest absolute Gasteiger partial charge is 0.373 e. The second-order valence-electron chi connectivity index (χ2n) is 4.14. The van der Waals surface area contributed by atoms with Gasteiger partial charge in [0.2, 0.25) is 5.91 Å². The molecule has 0 bridgehead atoms. The summed E-state index contributed by atoms with van der Waals surface area (Å²) in [5, 5.41) is 2.59. The van der Waals surface area contributed by atoms with Crippen molar-refractivity contribution in [3.05, 3.63) is 29.8 Å². The molecule has 0 radical (unpaired) electrons. The van der Waals surface area contributed by atoms with E-state index in [-0.39, 0.29) is 11.6 Å². The molecule has 0 aromatic heterocycles. The third-order valence-corrected chi connectivity index (χ3v) is 2.42. The minimum atomic E-state index is -4.44. The summed E-state index contributed by atoms with van der Waals surface area (Å²) in [6, 6.07) is 4.37. The Morgan fingerprint density at radius 2 is 1.83 bits per heavy atom. The van der Waals surface area contributed by atoms with Crippen molar-refractivity contribution in [3.63, 3.8) is 0 Å². The van der Waals surface area contributed by atoms with Gasteiger partial charge in [-0.3, -0.25) is 4.79 Å². The van der Waals surface area contributed by atoms with E-state index in [1.54, 1.807) is 14.1 Å². The number of nitrogens with zero attached hydrogens (tertiary/aromatic N) is 1. The number of para-hydroxylation sites is 1. The van der Waals surface area contributed by atoms with Gasteiger partial charge in [0, 0.05) is 19.8 Å². The largest absolute Gasteiger partial charge is 0.418 e. The lowest BCUT2D eigenvalue weighted by Crippen LogP contribution is -2.37.